The zero-order chi connectivity index (χ0) is 19.1. The standard InChI is InChI=1S/C17H18F4N2O3/c1-22-12-6-7-23(9-10(12)8-14(22)24)15(25)11-4-2-3-5-13(11)26-17(20,21)16(18)19/h2-5,10,12,16H,6-9H2,1H3/t10-,12+/m1/s1. The topological polar surface area (TPSA) is 49.9 Å². The third-order valence-corrected chi connectivity index (χ3v) is 4.93. The van der Waals surface area contributed by atoms with Crippen molar-refractivity contribution in [2.45, 2.75) is 31.4 Å². The third kappa shape index (κ3) is 3.34. The molecule has 1 aromatic carbocycles. The molecule has 2 amide bonds. The van der Waals surface area contributed by atoms with Crippen LogP contribution >= 0.6 is 0 Å². The maximum atomic E-state index is 13.2. The van der Waals surface area contributed by atoms with E-state index >= 15 is 0 Å². The second-order valence-corrected chi connectivity index (χ2v) is 6.54. The number of alkyl halides is 4. The van der Waals surface area contributed by atoms with Crippen LogP contribution in [0.4, 0.5) is 17.6 Å². The number of hydrogen-bond acceptors (Lipinski definition) is 3. The minimum atomic E-state index is -4.69. The van der Waals surface area contributed by atoms with Gasteiger partial charge in [0.15, 0.2) is 0 Å². The fourth-order valence-electron chi connectivity index (χ4n) is 3.56. The second-order valence-electron chi connectivity index (χ2n) is 6.54. The van der Waals surface area contributed by atoms with E-state index in [0.717, 1.165) is 6.07 Å². The van der Waals surface area contributed by atoms with E-state index in [9.17, 15) is 27.2 Å². The lowest BCUT2D eigenvalue weighted by Gasteiger charge is -2.36. The molecule has 3 rings (SSSR count). The highest BCUT2D eigenvalue weighted by molar-refractivity contribution is 5.97. The van der Waals surface area contributed by atoms with Crippen molar-refractivity contribution in [1.82, 2.24) is 9.80 Å². The smallest absolute Gasteiger partial charge is 0.427 e. The molecular weight excluding hydrogens is 356 g/mol. The lowest BCUT2D eigenvalue weighted by atomic mass is 9.92. The van der Waals surface area contributed by atoms with Crippen molar-refractivity contribution >= 4 is 11.8 Å². The van der Waals surface area contributed by atoms with Crippen LogP contribution in [0.15, 0.2) is 24.3 Å². The molecule has 0 aliphatic carbocycles. The zero-order valence-corrected chi connectivity index (χ0v) is 14.0. The number of nitrogens with zero attached hydrogens (tertiary/aromatic N) is 2. The molecule has 0 radical (unpaired) electrons. The summed E-state index contributed by atoms with van der Waals surface area (Å²) in [6.45, 7) is 0.649. The van der Waals surface area contributed by atoms with Crippen molar-refractivity contribution in [3.63, 3.8) is 0 Å². The van der Waals surface area contributed by atoms with E-state index in [4.69, 9.17) is 0 Å². The molecule has 0 aromatic heterocycles. The van der Waals surface area contributed by atoms with Gasteiger partial charge in [0, 0.05) is 38.5 Å². The monoisotopic (exact) mass is 374 g/mol. The van der Waals surface area contributed by atoms with Crippen LogP contribution in [0.5, 0.6) is 5.75 Å². The van der Waals surface area contributed by atoms with Gasteiger partial charge in [-0.3, -0.25) is 9.59 Å². The van der Waals surface area contributed by atoms with Crippen LogP contribution in [0.2, 0.25) is 0 Å². The maximum absolute atomic E-state index is 13.2. The Kier molecular flexibility index (Phi) is 4.81. The van der Waals surface area contributed by atoms with Gasteiger partial charge in [-0.05, 0) is 18.6 Å². The molecule has 0 bridgehead atoms. The first-order valence-corrected chi connectivity index (χ1v) is 8.19. The van der Waals surface area contributed by atoms with E-state index in [-0.39, 0.29) is 23.4 Å². The molecule has 0 saturated carbocycles. The third-order valence-electron chi connectivity index (χ3n) is 4.93. The van der Waals surface area contributed by atoms with Gasteiger partial charge in [-0.25, -0.2) is 0 Å². The summed E-state index contributed by atoms with van der Waals surface area (Å²) in [5, 5.41) is 0. The van der Waals surface area contributed by atoms with Gasteiger partial charge < -0.3 is 14.5 Å². The first-order valence-electron chi connectivity index (χ1n) is 8.19. The van der Waals surface area contributed by atoms with Crippen molar-refractivity contribution in [3.8, 4) is 5.75 Å². The molecule has 2 atom stereocenters. The predicted octanol–water partition coefficient (Wildman–Crippen LogP) is 2.62. The van der Waals surface area contributed by atoms with Gasteiger partial charge in [0.2, 0.25) is 5.91 Å². The number of para-hydroxylation sites is 1. The van der Waals surface area contributed by atoms with E-state index in [1.807, 2.05) is 0 Å². The number of rotatable bonds is 4. The number of carbonyl (C=O) groups is 2. The van der Waals surface area contributed by atoms with Crippen LogP contribution in [-0.4, -0.2) is 60.3 Å². The van der Waals surface area contributed by atoms with Gasteiger partial charge in [0.1, 0.15) is 5.75 Å². The molecule has 9 heteroatoms. The molecule has 2 aliphatic heterocycles. The first-order chi connectivity index (χ1) is 12.2. The summed E-state index contributed by atoms with van der Waals surface area (Å²) in [5.41, 5.74) is -0.205. The van der Waals surface area contributed by atoms with Gasteiger partial charge >= 0.3 is 12.5 Å². The Hall–Kier alpha value is -2.32. The predicted molar refractivity (Wildman–Crippen MR) is 83.2 cm³/mol. The summed E-state index contributed by atoms with van der Waals surface area (Å²) >= 11 is 0. The van der Waals surface area contributed by atoms with Crippen LogP contribution in [0, 0.1) is 5.92 Å². The number of hydrogen-bond donors (Lipinski definition) is 0. The van der Waals surface area contributed by atoms with E-state index < -0.39 is 24.2 Å². The molecule has 2 heterocycles. The van der Waals surface area contributed by atoms with E-state index in [0.29, 0.717) is 25.9 Å². The van der Waals surface area contributed by atoms with Crippen LogP contribution in [0.25, 0.3) is 0 Å². The van der Waals surface area contributed by atoms with Crippen molar-refractivity contribution in [1.29, 1.82) is 0 Å². The molecule has 2 saturated heterocycles. The van der Waals surface area contributed by atoms with E-state index in [1.165, 1.54) is 23.1 Å². The van der Waals surface area contributed by atoms with Crippen molar-refractivity contribution in [3.05, 3.63) is 29.8 Å². The summed E-state index contributed by atoms with van der Waals surface area (Å²) in [6, 6.07) is 5.15. The SMILES string of the molecule is CN1C(=O)C[C@@H]2CN(C(=O)c3ccccc3OC(F)(F)C(F)F)CC[C@@H]21. The van der Waals surface area contributed by atoms with E-state index in [2.05, 4.69) is 4.74 Å². The molecule has 0 N–H and O–H groups in total. The molecule has 0 spiro atoms. The Bertz CT molecular complexity index is 713. The Morgan fingerprint density at radius 3 is 2.69 bits per heavy atom. The summed E-state index contributed by atoms with van der Waals surface area (Å²) in [7, 11) is 1.72. The number of carbonyl (C=O) groups excluding carboxylic acids is 2. The molecule has 2 fully saturated rings. The fourth-order valence-corrected chi connectivity index (χ4v) is 3.56. The molecule has 2 aliphatic rings. The van der Waals surface area contributed by atoms with Gasteiger partial charge in [0.05, 0.1) is 5.56 Å². The van der Waals surface area contributed by atoms with Gasteiger partial charge in [-0.15, -0.1) is 0 Å². The Labute approximate surface area is 147 Å². The fraction of sp³-hybridized carbons (Fsp3) is 0.529. The van der Waals surface area contributed by atoms with Crippen molar-refractivity contribution < 1.29 is 31.9 Å². The van der Waals surface area contributed by atoms with Crippen LogP contribution in [0.3, 0.4) is 0 Å². The van der Waals surface area contributed by atoms with Gasteiger partial charge in [-0.2, -0.15) is 17.6 Å². The second kappa shape index (κ2) is 6.77. The van der Waals surface area contributed by atoms with E-state index in [1.54, 1.807) is 11.9 Å². The zero-order valence-electron chi connectivity index (χ0n) is 14.0. The molecule has 1 aromatic rings. The highest BCUT2D eigenvalue weighted by Crippen LogP contribution is 2.34. The molecular formula is C17H18F4N2O3. The number of likely N-dealkylation sites (tertiary alicyclic amines) is 2. The first kappa shape index (κ1) is 18.5. The van der Waals surface area contributed by atoms with Crippen LogP contribution < -0.4 is 4.74 Å². The Morgan fingerprint density at radius 1 is 1.31 bits per heavy atom. The molecule has 0 unspecified atom stereocenters. The average Bonchev–Trinajstić information content (AvgIpc) is 2.88. The van der Waals surface area contributed by atoms with Crippen LogP contribution in [0.1, 0.15) is 23.2 Å². The Balaban J connectivity index is 1.78. The summed E-state index contributed by atoms with van der Waals surface area (Å²) in [5.74, 6) is -1.19. The van der Waals surface area contributed by atoms with Crippen molar-refractivity contribution in [2.24, 2.45) is 5.92 Å². The number of benzene rings is 1. The number of ether oxygens (including phenoxy) is 1. The van der Waals surface area contributed by atoms with Gasteiger partial charge in [-0.1, -0.05) is 12.1 Å². The highest BCUT2D eigenvalue weighted by Gasteiger charge is 2.45. The minimum Gasteiger partial charge on any atom is -0.427 e. The summed E-state index contributed by atoms with van der Waals surface area (Å²) in [6.07, 6.45) is -7.80. The number of piperidine rings is 1. The minimum absolute atomic E-state index is 0.00890. The normalized spacial score (nSPS) is 23.4. The highest BCUT2D eigenvalue weighted by atomic mass is 19.3. The largest absolute Gasteiger partial charge is 0.461 e. The summed E-state index contributed by atoms with van der Waals surface area (Å²) < 4.78 is 55.4. The maximum Gasteiger partial charge on any atom is 0.461 e. The molecule has 5 nitrogen and oxygen atoms in total. The lowest BCUT2D eigenvalue weighted by molar-refractivity contribution is -0.253. The molecule has 26 heavy (non-hydrogen) atoms. The molecule has 142 valence electrons. The van der Waals surface area contributed by atoms with Crippen molar-refractivity contribution in [2.75, 3.05) is 20.1 Å². The number of amides is 2. The quantitative estimate of drug-likeness (QED) is 0.762. The average molecular weight is 374 g/mol. The Morgan fingerprint density at radius 2 is 2.00 bits per heavy atom. The number of fused-ring (bicyclic) bond motifs is 1. The van der Waals surface area contributed by atoms with Gasteiger partial charge in [0.25, 0.3) is 5.91 Å². The summed E-state index contributed by atoms with van der Waals surface area (Å²) in [4.78, 5) is 27.7. The number of halogens is 4. The lowest BCUT2D eigenvalue weighted by Crippen LogP contribution is -2.47. The van der Waals surface area contributed by atoms with Crippen LogP contribution in [-0.2, 0) is 4.79 Å².